The predicted octanol–water partition coefficient (Wildman–Crippen LogP) is 4.60. The summed E-state index contributed by atoms with van der Waals surface area (Å²) in [5, 5.41) is 5.80. The van der Waals surface area contributed by atoms with Gasteiger partial charge in [-0.3, -0.25) is 0 Å². The molecular weight excluding hydrogens is 232 g/mol. The van der Waals surface area contributed by atoms with Crippen LogP contribution in [0.4, 0.5) is 11.5 Å². The molecule has 0 atom stereocenters. The van der Waals surface area contributed by atoms with Gasteiger partial charge in [0, 0.05) is 17.3 Å². The first kappa shape index (κ1) is 11.7. The van der Waals surface area contributed by atoms with Crippen LogP contribution in [0.15, 0.2) is 54.7 Å². The highest BCUT2D eigenvalue weighted by molar-refractivity contribution is 5.95. The Morgan fingerprint density at radius 2 is 1.74 bits per heavy atom. The smallest absolute Gasteiger partial charge is 0.138 e. The van der Waals surface area contributed by atoms with Crippen LogP contribution in [0.1, 0.15) is 11.1 Å². The highest BCUT2D eigenvalue weighted by Gasteiger charge is 2.04. The molecule has 2 aromatic carbocycles. The number of aromatic nitrogens is 1. The molecule has 0 saturated carbocycles. The predicted molar refractivity (Wildman–Crippen MR) is 80.9 cm³/mol. The average Bonchev–Trinajstić information content (AvgIpc) is 2.40. The molecule has 3 rings (SSSR count). The lowest BCUT2D eigenvalue weighted by Crippen LogP contribution is -1.95. The van der Waals surface area contributed by atoms with E-state index in [2.05, 4.69) is 66.6 Å². The van der Waals surface area contributed by atoms with Crippen molar-refractivity contribution in [1.29, 1.82) is 0 Å². The molecule has 0 aliphatic rings. The van der Waals surface area contributed by atoms with Gasteiger partial charge < -0.3 is 5.32 Å². The molecule has 1 heterocycles. The maximum atomic E-state index is 4.46. The normalized spacial score (nSPS) is 10.6. The Hall–Kier alpha value is -2.35. The largest absolute Gasteiger partial charge is 0.340 e. The Morgan fingerprint density at radius 3 is 2.58 bits per heavy atom. The van der Waals surface area contributed by atoms with Crippen molar-refractivity contribution in [2.45, 2.75) is 13.8 Å². The molecule has 0 unspecified atom stereocenters. The monoisotopic (exact) mass is 248 g/mol. The summed E-state index contributed by atoms with van der Waals surface area (Å²) in [6, 6.07) is 16.7. The van der Waals surface area contributed by atoms with E-state index in [-0.39, 0.29) is 0 Å². The zero-order valence-corrected chi connectivity index (χ0v) is 11.1. The van der Waals surface area contributed by atoms with Crippen molar-refractivity contribution in [3.8, 4) is 0 Å². The van der Waals surface area contributed by atoms with Gasteiger partial charge in [0.2, 0.25) is 0 Å². The van der Waals surface area contributed by atoms with E-state index in [1.54, 1.807) is 0 Å². The second-order valence-electron chi connectivity index (χ2n) is 4.82. The van der Waals surface area contributed by atoms with Crippen LogP contribution in [0.3, 0.4) is 0 Å². The van der Waals surface area contributed by atoms with E-state index in [0.717, 1.165) is 16.9 Å². The molecule has 3 aromatic rings. The summed E-state index contributed by atoms with van der Waals surface area (Å²) in [6.07, 6.45) is 1.85. The molecule has 19 heavy (non-hydrogen) atoms. The third-order valence-electron chi connectivity index (χ3n) is 3.30. The Balaban J connectivity index is 2.08. The van der Waals surface area contributed by atoms with Crippen molar-refractivity contribution in [1.82, 2.24) is 4.98 Å². The molecule has 0 saturated heterocycles. The highest BCUT2D eigenvalue weighted by Crippen LogP contribution is 2.26. The fourth-order valence-electron chi connectivity index (χ4n) is 2.32. The van der Waals surface area contributed by atoms with E-state index in [9.17, 15) is 0 Å². The summed E-state index contributed by atoms with van der Waals surface area (Å²) in [5.41, 5.74) is 3.58. The van der Waals surface area contributed by atoms with Crippen LogP contribution in [0.2, 0.25) is 0 Å². The van der Waals surface area contributed by atoms with Crippen molar-refractivity contribution >= 4 is 22.3 Å². The number of pyridine rings is 1. The fraction of sp³-hybridized carbons (Fsp3) is 0.118. The lowest BCUT2D eigenvalue weighted by atomic mass is 10.1. The SMILES string of the molecule is Cc1cccc(Nc2nccc3c(C)cccc23)c1. The molecule has 0 bridgehead atoms. The van der Waals surface area contributed by atoms with Gasteiger partial charge in [-0.1, -0.05) is 30.3 Å². The van der Waals surface area contributed by atoms with E-state index in [1.807, 2.05) is 12.3 Å². The van der Waals surface area contributed by atoms with Crippen LogP contribution in [-0.4, -0.2) is 4.98 Å². The lowest BCUT2D eigenvalue weighted by Gasteiger charge is -2.10. The van der Waals surface area contributed by atoms with E-state index in [1.165, 1.54) is 16.5 Å². The zero-order chi connectivity index (χ0) is 13.2. The molecule has 0 fully saturated rings. The molecule has 2 heteroatoms. The van der Waals surface area contributed by atoms with Gasteiger partial charge in [0.25, 0.3) is 0 Å². The number of hydrogen-bond donors (Lipinski definition) is 1. The summed E-state index contributed by atoms with van der Waals surface area (Å²) in [6.45, 7) is 4.21. The number of fused-ring (bicyclic) bond motifs is 1. The maximum absolute atomic E-state index is 4.46. The maximum Gasteiger partial charge on any atom is 0.138 e. The second kappa shape index (κ2) is 4.73. The summed E-state index contributed by atoms with van der Waals surface area (Å²) in [4.78, 5) is 4.46. The molecule has 2 nitrogen and oxygen atoms in total. The quantitative estimate of drug-likeness (QED) is 0.717. The van der Waals surface area contributed by atoms with Crippen LogP contribution in [0.5, 0.6) is 0 Å². The molecule has 1 aromatic heterocycles. The van der Waals surface area contributed by atoms with Crippen molar-refractivity contribution in [2.24, 2.45) is 0 Å². The van der Waals surface area contributed by atoms with Crippen LogP contribution in [0.25, 0.3) is 10.8 Å². The Kier molecular flexibility index (Phi) is 2.92. The van der Waals surface area contributed by atoms with E-state index >= 15 is 0 Å². The standard InChI is InChI=1S/C17H16N2/c1-12-5-3-7-14(11-12)19-17-16-8-4-6-13(2)15(16)9-10-18-17/h3-11H,1-2H3,(H,18,19). The van der Waals surface area contributed by atoms with E-state index in [0.29, 0.717) is 0 Å². The van der Waals surface area contributed by atoms with Gasteiger partial charge in [0.05, 0.1) is 0 Å². The number of nitrogens with one attached hydrogen (secondary N) is 1. The number of rotatable bonds is 2. The van der Waals surface area contributed by atoms with Crippen LogP contribution >= 0.6 is 0 Å². The number of benzene rings is 2. The van der Waals surface area contributed by atoms with Gasteiger partial charge in [-0.05, 0) is 48.6 Å². The van der Waals surface area contributed by atoms with Crippen molar-refractivity contribution < 1.29 is 0 Å². The minimum atomic E-state index is 0.909. The first-order valence-corrected chi connectivity index (χ1v) is 6.42. The first-order valence-electron chi connectivity index (χ1n) is 6.42. The third kappa shape index (κ3) is 2.29. The van der Waals surface area contributed by atoms with Crippen molar-refractivity contribution in [3.05, 3.63) is 65.9 Å². The molecule has 0 radical (unpaired) electrons. The Labute approximate surface area is 113 Å². The number of anilines is 2. The number of hydrogen-bond acceptors (Lipinski definition) is 2. The molecule has 0 aliphatic carbocycles. The number of aryl methyl sites for hydroxylation is 2. The lowest BCUT2D eigenvalue weighted by molar-refractivity contribution is 1.33. The summed E-state index contributed by atoms with van der Waals surface area (Å²) >= 11 is 0. The molecular formula is C17H16N2. The molecule has 0 amide bonds. The summed E-state index contributed by atoms with van der Waals surface area (Å²) in [5.74, 6) is 0.909. The topological polar surface area (TPSA) is 24.9 Å². The van der Waals surface area contributed by atoms with Crippen molar-refractivity contribution in [2.75, 3.05) is 5.32 Å². The van der Waals surface area contributed by atoms with Gasteiger partial charge in [0.15, 0.2) is 0 Å². The molecule has 0 spiro atoms. The van der Waals surface area contributed by atoms with Gasteiger partial charge in [0.1, 0.15) is 5.82 Å². The average molecular weight is 248 g/mol. The van der Waals surface area contributed by atoms with E-state index < -0.39 is 0 Å². The Morgan fingerprint density at radius 1 is 0.895 bits per heavy atom. The minimum Gasteiger partial charge on any atom is -0.340 e. The van der Waals surface area contributed by atoms with Gasteiger partial charge >= 0.3 is 0 Å². The van der Waals surface area contributed by atoms with Crippen LogP contribution in [-0.2, 0) is 0 Å². The first-order chi connectivity index (χ1) is 9.24. The molecule has 1 N–H and O–H groups in total. The van der Waals surface area contributed by atoms with Crippen LogP contribution in [0, 0.1) is 13.8 Å². The summed E-state index contributed by atoms with van der Waals surface area (Å²) < 4.78 is 0. The fourth-order valence-corrected chi connectivity index (χ4v) is 2.32. The highest BCUT2D eigenvalue weighted by atomic mass is 15.0. The third-order valence-corrected chi connectivity index (χ3v) is 3.30. The molecule has 94 valence electrons. The molecule has 0 aliphatic heterocycles. The van der Waals surface area contributed by atoms with Gasteiger partial charge in [-0.2, -0.15) is 0 Å². The number of nitrogens with zero attached hydrogens (tertiary/aromatic N) is 1. The van der Waals surface area contributed by atoms with Crippen LogP contribution < -0.4 is 5.32 Å². The Bertz CT molecular complexity index is 732. The van der Waals surface area contributed by atoms with Crippen molar-refractivity contribution in [3.63, 3.8) is 0 Å². The van der Waals surface area contributed by atoms with Gasteiger partial charge in [-0.15, -0.1) is 0 Å². The summed E-state index contributed by atoms with van der Waals surface area (Å²) in [7, 11) is 0. The van der Waals surface area contributed by atoms with Gasteiger partial charge in [-0.25, -0.2) is 4.98 Å². The zero-order valence-electron chi connectivity index (χ0n) is 11.1. The second-order valence-corrected chi connectivity index (χ2v) is 4.82. The van der Waals surface area contributed by atoms with E-state index in [4.69, 9.17) is 0 Å². The minimum absolute atomic E-state index is 0.909.